The molecule has 0 radical (unpaired) electrons. The zero-order valence-electron chi connectivity index (χ0n) is 12.2. The summed E-state index contributed by atoms with van der Waals surface area (Å²) in [6, 6.07) is 5.32. The molecule has 5 nitrogen and oxygen atoms in total. The van der Waals surface area contributed by atoms with Crippen LogP contribution in [0.25, 0.3) is 5.65 Å². The van der Waals surface area contributed by atoms with Crippen molar-refractivity contribution in [2.75, 3.05) is 6.54 Å². The molecule has 3 heterocycles. The van der Waals surface area contributed by atoms with Gasteiger partial charge < -0.3 is 4.79 Å². The first kappa shape index (κ1) is 13.9. The smallest absolute Gasteiger partial charge is 0.258 e. The van der Waals surface area contributed by atoms with E-state index in [-0.39, 0.29) is 11.6 Å². The van der Waals surface area contributed by atoms with E-state index in [4.69, 9.17) is 0 Å². The number of likely N-dealkylation sites (tertiary alicyclic amines) is 1. The minimum absolute atomic E-state index is 0.0449. The Bertz CT molecular complexity index is 723. The van der Waals surface area contributed by atoms with E-state index in [1.165, 1.54) is 0 Å². The number of aryl methyl sites for hydroxylation is 1. The van der Waals surface area contributed by atoms with Gasteiger partial charge in [0, 0.05) is 18.8 Å². The highest BCUT2D eigenvalue weighted by Gasteiger charge is 2.22. The molecule has 2 aromatic rings. The fraction of sp³-hybridized carbons (Fsp3) is 0.438. The third-order valence-electron chi connectivity index (χ3n) is 4.06. The van der Waals surface area contributed by atoms with Crippen LogP contribution in [0.2, 0.25) is 0 Å². The fourth-order valence-corrected chi connectivity index (χ4v) is 2.91. The molecule has 0 saturated carbocycles. The molecule has 1 aliphatic rings. The second kappa shape index (κ2) is 5.77. The van der Waals surface area contributed by atoms with Crippen molar-refractivity contribution in [3.63, 3.8) is 0 Å². The van der Waals surface area contributed by atoms with Gasteiger partial charge in [0.25, 0.3) is 5.56 Å². The maximum absolute atomic E-state index is 12.1. The van der Waals surface area contributed by atoms with Crippen molar-refractivity contribution in [2.24, 2.45) is 0 Å². The fourth-order valence-electron chi connectivity index (χ4n) is 2.91. The van der Waals surface area contributed by atoms with E-state index in [2.05, 4.69) is 9.88 Å². The van der Waals surface area contributed by atoms with E-state index in [1.54, 1.807) is 16.7 Å². The lowest BCUT2D eigenvalue weighted by molar-refractivity contribution is -0.113. The number of pyridine rings is 1. The van der Waals surface area contributed by atoms with Crippen LogP contribution in [0.4, 0.5) is 0 Å². The number of nitrogens with zero attached hydrogens (tertiary/aromatic N) is 3. The van der Waals surface area contributed by atoms with E-state index in [9.17, 15) is 9.59 Å². The number of carbonyl (C=O) groups is 1. The van der Waals surface area contributed by atoms with Gasteiger partial charge in [-0.1, -0.05) is 6.42 Å². The normalized spacial score (nSPS) is 19.8. The number of aromatic nitrogens is 2. The third kappa shape index (κ3) is 2.88. The number of rotatable bonds is 3. The molecule has 1 saturated heterocycles. The molecule has 0 aromatic carbocycles. The number of aldehydes is 1. The molecule has 0 bridgehead atoms. The van der Waals surface area contributed by atoms with Crippen molar-refractivity contribution in [1.82, 2.24) is 14.3 Å². The van der Waals surface area contributed by atoms with Crippen LogP contribution in [-0.4, -0.2) is 33.2 Å². The molecule has 0 aliphatic carbocycles. The first-order chi connectivity index (χ1) is 10.2. The highest BCUT2D eigenvalue weighted by Crippen LogP contribution is 2.17. The first-order valence-corrected chi connectivity index (χ1v) is 7.35. The van der Waals surface area contributed by atoms with Gasteiger partial charge in [0.2, 0.25) is 0 Å². The van der Waals surface area contributed by atoms with E-state index in [1.807, 2.05) is 19.1 Å². The van der Waals surface area contributed by atoms with Crippen LogP contribution in [0.5, 0.6) is 0 Å². The molecule has 0 amide bonds. The summed E-state index contributed by atoms with van der Waals surface area (Å²) < 4.78 is 1.55. The predicted octanol–water partition coefficient (Wildman–Crippen LogP) is 1.56. The summed E-state index contributed by atoms with van der Waals surface area (Å²) in [6.45, 7) is 3.42. The molecule has 110 valence electrons. The summed E-state index contributed by atoms with van der Waals surface area (Å²) in [7, 11) is 0. The Morgan fingerprint density at radius 1 is 1.38 bits per heavy atom. The van der Waals surface area contributed by atoms with Crippen molar-refractivity contribution < 1.29 is 4.79 Å². The predicted molar refractivity (Wildman–Crippen MR) is 80.3 cm³/mol. The summed E-state index contributed by atoms with van der Waals surface area (Å²) >= 11 is 0. The molecular formula is C16H19N3O2. The van der Waals surface area contributed by atoms with Crippen molar-refractivity contribution in [1.29, 1.82) is 0 Å². The lowest BCUT2D eigenvalue weighted by atomic mass is 10.0. The Balaban J connectivity index is 1.93. The van der Waals surface area contributed by atoms with Gasteiger partial charge in [0.05, 0.1) is 11.7 Å². The molecule has 5 heteroatoms. The second-order valence-electron chi connectivity index (χ2n) is 5.69. The minimum Gasteiger partial charge on any atom is -0.302 e. The Labute approximate surface area is 123 Å². The van der Waals surface area contributed by atoms with Gasteiger partial charge in [-0.3, -0.25) is 14.1 Å². The number of piperidine rings is 1. The van der Waals surface area contributed by atoms with Crippen LogP contribution in [-0.2, 0) is 11.3 Å². The third-order valence-corrected chi connectivity index (χ3v) is 4.06. The quantitative estimate of drug-likeness (QED) is 0.803. The van der Waals surface area contributed by atoms with Crippen molar-refractivity contribution in [2.45, 2.75) is 38.8 Å². The van der Waals surface area contributed by atoms with Crippen LogP contribution in [0, 0.1) is 6.92 Å². The molecule has 1 fully saturated rings. The van der Waals surface area contributed by atoms with Crippen LogP contribution >= 0.6 is 0 Å². The largest absolute Gasteiger partial charge is 0.302 e. The summed E-state index contributed by atoms with van der Waals surface area (Å²) in [6.07, 6.45) is 5.84. The Kier molecular flexibility index (Phi) is 3.84. The molecule has 0 N–H and O–H groups in total. The molecule has 21 heavy (non-hydrogen) atoms. The van der Waals surface area contributed by atoms with Crippen LogP contribution in [0.3, 0.4) is 0 Å². The number of hydrogen-bond acceptors (Lipinski definition) is 4. The van der Waals surface area contributed by atoms with E-state index < -0.39 is 0 Å². The van der Waals surface area contributed by atoms with Gasteiger partial charge in [-0.05, 0) is 44.0 Å². The highest BCUT2D eigenvalue weighted by molar-refractivity contribution is 5.57. The lowest BCUT2D eigenvalue weighted by Gasteiger charge is -2.31. The molecule has 1 atom stereocenters. The number of fused-ring (bicyclic) bond motifs is 1. The first-order valence-electron chi connectivity index (χ1n) is 7.35. The van der Waals surface area contributed by atoms with Crippen LogP contribution in [0.15, 0.2) is 29.2 Å². The molecule has 2 aromatic heterocycles. The van der Waals surface area contributed by atoms with Crippen molar-refractivity contribution >= 4 is 11.9 Å². The topological polar surface area (TPSA) is 54.7 Å². The zero-order valence-corrected chi connectivity index (χ0v) is 12.2. The van der Waals surface area contributed by atoms with Crippen molar-refractivity contribution in [3.05, 3.63) is 46.0 Å². The van der Waals surface area contributed by atoms with Gasteiger partial charge in [0.1, 0.15) is 11.9 Å². The number of hydrogen-bond donors (Lipinski definition) is 0. The van der Waals surface area contributed by atoms with Gasteiger partial charge in [-0.2, -0.15) is 0 Å². The molecular weight excluding hydrogens is 266 g/mol. The minimum atomic E-state index is -0.0744. The van der Waals surface area contributed by atoms with E-state index >= 15 is 0 Å². The summed E-state index contributed by atoms with van der Waals surface area (Å²) in [4.78, 5) is 30.0. The maximum atomic E-state index is 12.1. The Morgan fingerprint density at radius 3 is 3.05 bits per heavy atom. The SMILES string of the molecule is Cc1ccn2c(=O)cc(CN3CCCCC3C=O)nc2c1. The average molecular weight is 285 g/mol. The van der Waals surface area contributed by atoms with Crippen molar-refractivity contribution in [3.8, 4) is 0 Å². The molecule has 1 aliphatic heterocycles. The number of carbonyl (C=O) groups excluding carboxylic acids is 1. The van der Waals surface area contributed by atoms with E-state index in [0.29, 0.717) is 12.2 Å². The summed E-state index contributed by atoms with van der Waals surface area (Å²) in [5.41, 5.74) is 2.40. The summed E-state index contributed by atoms with van der Waals surface area (Å²) in [5.74, 6) is 0. The van der Waals surface area contributed by atoms with Crippen LogP contribution in [0.1, 0.15) is 30.5 Å². The monoisotopic (exact) mass is 285 g/mol. The Morgan fingerprint density at radius 2 is 2.24 bits per heavy atom. The average Bonchev–Trinajstić information content (AvgIpc) is 2.47. The molecule has 0 spiro atoms. The molecule has 1 unspecified atom stereocenters. The standard InChI is InChI=1S/C16H19N3O2/c1-12-5-7-19-15(8-12)17-13(9-16(19)21)10-18-6-3-2-4-14(18)11-20/h5,7-9,11,14H,2-4,6,10H2,1H3. The van der Waals surface area contributed by atoms with Gasteiger partial charge >= 0.3 is 0 Å². The van der Waals surface area contributed by atoms with Gasteiger partial charge in [-0.15, -0.1) is 0 Å². The highest BCUT2D eigenvalue weighted by atomic mass is 16.1. The Hall–Kier alpha value is -2.01. The van der Waals surface area contributed by atoms with Crippen LogP contribution < -0.4 is 5.56 Å². The second-order valence-corrected chi connectivity index (χ2v) is 5.69. The maximum Gasteiger partial charge on any atom is 0.258 e. The van der Waals surface area contributed by atoms with Gasteiger partial charge in [-0.25, -0.2) is 4.98 Å². The molecule has 3 rings (SSSR count). The summed E-state index contributed by atoms with van der Waals surface area (Å²) in [5, 5.41) is 0. The lowest BCUT2D eigenvalue weighted by Crippen LogP contribution is -2.40. The van der Waals surface area contributed by atoms with E-state index in [0.717, 1.165) is 43.4 Å². The zero-order chi connectivity index (χ0) is 14.8. The van der Waals surface area contributed by atoms with Gasteiger partial charge in [0.15, 0.2) is 0 Å².